The highest BCUT2D eigenvalue weighted by atomic mass is 35.5. The Labute approximate surface area is 163 Å². The standard InChI is InChI=1S/C20H22ClN3O3/c21-17-5-2-1-4-16(17)18-6-7-19(27-18)20(25)24(9-3-8-22)11-10-23-12-14-26-15-13-23/h1-2,4-7H,3,9-15H2. The summed E-state index contributed by atoms with van der Waals surface area (Å²) in [6, 6.07) is 12.9. The molecule has 1 aliphatic heterocycles. The maximum atomic E-state index is 12.9. The van der Waals surface area contributed by atoms with Crippen molar-refractivity contribution >= 4 is 17.5 Å². The van der Waals surface area contributed by atoms with E-state index in [9.17, 15) is 4.79 Å². The SMILES string of the molecule is N#CCCN(CCN1CCOCC1)C(=O)c1ccc(-c2ccccc2Cl)o1. The highest BCUT2D eigenvalue weighted by Crippen LogP contribution is 2.29. The van der Waals surface area contributed by atoms with Crippen molar-refractivity contribution in [1.29, 1.82) is 5.26 Å². The molecule has 0 unspecified atom stereocenters. The summed E-state index contributed by atoms with van der Waals surface area (Å²) >= 11 is 6.21. The van der Waals surface area contributed by atoms with Gasteiger partial charge in [0, 0.05) is 38.3 Å². The van der Waals surface area contributed by atoms with Crippen LogP contribution in [0.5, 0.6) is 0 Å². The third kappa shape index (κ3) is 5.10. The third-order valence-electron chi connectivity index (χ3n) is 4.53. The monoisotopic (exact) mass is 387 g/mol. The number of furan rings is 1. The van der Waals surface area contributed by atoms with E-state index >= 15 is 0 Å². The summed E-state index contributed by atoms with van der Waals surface area (Å²) in [4.78, 5) is 16.8. The predicted molar refractivity (Wildman–Crippen MR) is 103 cm³/mol. The quantitative estimate of drug-likeness (QED) is 0.729. The van der Waals surface area contributed by atoms with Gasteiger partial charge in [0.1, 0.15) is 5.76 Å². The normalized spacial score (nSPS) is 14.7. The van der Waals surface area contributed by atoms with Gasteiger partial charge in [-0.2, -0.15) is 5.26 Å². The molecule has 3 rings (SSSR count). The zero-order chi connectivity index (χ0) is 19.1. The van der Waals surface area contributed by atoms with Gasteiger partial charge in [0.15, 0.2) is 5.76 Å². The molecule has 1 aromatic carbocycles. The number of morpholine rings is 1. The Hall–Kier alpha value is -2.33. The van der Waals surface area contributed by atoms with E-state index in [-0.39, 0.29) is 18.1 Å². The first-order valence-electron chi connectivity index (χ1n) is 9.00. The summed E-state index contributed by atoms with van der Waals surface area (Å²) in [5.41, 5.74) is 0.745. The topological polar surface area (TPSA) is 69.7 Å². The van der Waals surface area contributed by atoms with Gasteiger partial charge < -0.3 is 14.1 Å². The molecule has 0 atom stereocenters. The summed E-state index contributed by atoms with van der Waals surface area (Å²) in [7, 11) is 0. The van der Waals surface area contributed by atoms with Gasteiger partial charge in [-0.1, -0.05) is 23.7 Å². The van der Waals surface area contributed by atoms with Crippen molar-refractivity contribution in [2.75, 3.05) is 45.9 Å². The number of amides is 1. The summed E-state index contributed by atoms with van der Waals surface area (Å²) in [6.07, 6.45) is 0.285. The largest absolute Gasteiger partial charge is 0.451 e. The number of rotatable bonds is 7. The van der Waals surface area contributed by atoms with Crippen LogP contribution in [-0.2, 0) is 4.74 Å². The highest BCUT2D eigenvalue weighted by Gasteiger charge is 2.21. The van der Waals surface area contributed by atoms with Crippen LogP contribution in [0, 0.1) is 11.3 Å². The molecule has 27 heavy (non-hydrogen) atoms. The molecule has 7 heteroatoms. The highest BCUT2D eigenvalue weighted by molar-refractivity contribution is 6.33. The molecule has 2 heterocycles. The minimum Gasteiger partial charge on any atom is -0.451 e. The molecule has 1 aromatic heterocycles. The number of benzene rings is 1. The molecule has 0 saturated carbocycles. The second-order valence-corrected chi connectivity index (χ2v) is 6.71. The zero-order valence-electron chi connectivity index (χ0n) is 15.1. The molecule has 0 N–H and O–H groups in total. The molecular weight excluding hydrogens is 366 g/mol. The van der Waals surface area contributed by atoms with Gasteiger partial charge >= 0.3 is 0 Å². The Morgan fingerprint density at radius 1 is 1.19 bits per heavy atom. The fourth-order valence-electron chi connectivity index (χ4n) is 3.00. The van der Waals surface area contributed by atoms with Crippen LogP contribution in [0.3, 0.4) is 0 Å². The molecule has 6 nitrogen and oxygen atoms in total. The fraction of sp³-hybridized carbons (Fsp3) is 0.400. The number of hydrogen-bond acceptors (Lipinski definition) is 5. The van der Waals surface area contributed by atoms with Crippen molar-refractivity contribution in [3.63, 3.8) is 0 Å². The van der Waals surface area contributed by atoms with E-state index in [1.54, 1.807) is 23.1 Å². The number of halogens is 1. The molecule has 1 amide bonds. The minimum absolute atomic E-state index is 0.211. The van der Waals surface area contributed by atoms with Crippen LogP contribution in [0.1, 0.15) is 17.0 Å². The van der Waals surface area contributed by atoms with E-state index < -0.39 is 0 Å². The Morgan fingerprint density at radius 3 is 2.70 bits per heavy atom. The molecule has 1 saturated heterocycles. The number of carbonyl (C=O) groups is 1. The van der Waals surface area contributed by atoms with Crippen LogP contribution < -0.4 is 0 Å². The molecule has 0 radical (unpaired) electrons. The van der Waals surface area contributed by atoms with E-state index in [1.807, 2.05) is 18.2 Å². The number of hydrogen-bond donors (Lipinski definition) is 0. The molecule has 142 valence electrons. The summed E-state index contributed by atoms with van der Waals surface area (Å²) < 4.78 is 11.1. The Balaban J connectivity index is 1.69. The van der Waals surface area contributed by atoms with Crippen molar-refractivity contribution in [3.05, 3.63) is 47.2 Å². The van der Waals surface area contributed by atoms with E-state index in [0.29, 0.717) is 37.1 Å². The van der Waals surface area contributed by atoms with E-state index in [0.717, 1.165) is 25.2 Å². The molecule has 0 aliphatic carbocycles. The molecule has 1 fully saturated rings. The van der Waals surface area contributed by atoms with Crippen molar-refractivity contribution in [1.82, 2.24) is 9.80 Å². The van der Waals surface area contributed by atoms with Crippen molar-refractivity contribution in [2.45, 2.75) is 6.42 Å². The van der Waals surface area contributed by atoms with Crippen molar-refractivity contribution < 1.29 is 13.9 Å². The number of ether oxygens (including phenoxy) is 1. The first-order chi connectivity index (χ1) is 13.2. The third-order valence-corrected chi connectivity index (χ3v) is 4.86. The van der Waals surface area contributed by atoms with Gasteiger partial charge in [-0.15, -0.1) is 0 Å². The lowest BCUT2D eigenvalue weighted by molar-refractivity contribution is 0.0322. The van der Waals surface area contributed by atoms with Crippen molar-refractivity contribution in [2.24, 2.45) is 0 Å². The van der Waals surface area contributed by atoms with Crippen LogP contribution in [-0.4, -0.2) is 61.6 Å². The van der Waals surface area contributed by atoms with E-state index in [1.165, 1.54) is 0 Å². The average Bonchev–Trinajstić information content (AvgIpc) is 3.19. The maximum Gasteiger partial charge on any atom is 0.289 e. The predicted octanol–water partition coefficient (Wildman–Crippen LogP) is 3.29. The first-order valence-corrected chi connectivity index (χ1v) is 9.38. The summed E-state index contributed by atoms with van der Waals surface area (Å²) in [5.74, 6) is 0.596. The summed E-state index contributed by atoms with van der Waals surface area (Å²) in [5, 5.41) is 9.48. The Morgan fingerprint density at radius 2 is 1.96 bits per heavy atom. The molecule has 0 bridgehead atoms. The number of carbonyl (C=O) groups excluding carboxylic acids is 1. The van der Waals surface area contributed by atoms with Gasteiger partial charge in [-0.3, -0.25) is 9.69 Å². The van der Waals surface area contributed by atoms with Gasteiger partial charge in [0.05, 0.1) is 30.7 Å². The van der Waals surface area contributed by atoms with Crippen LogP contribution in [0.2, 0.25) is 5.02 Å². The Kier molecular flexibility index (Phi) is 6.88. The maximum absolute atomic E-state index is 12.9. The molecule has 0 spiro atoms. The van der Waals surface area contributed by atoms with E-state index in [2.05, 4.69) is 11.0 Å². The van der Waals surface area contributed by atoms with Gasteiger partial charge in [0.2, 0.25) is 0 Å². The number of nitrogens with zero attached hydrogens (tertiary/aromatic N) is 3. The zero-order valence-corrected chi connectivity index (χ0v) is 15.8. The average molecular weight is 388 g/mol. The van der Waals surface area contributed by atoms with Crippen LogP contribution in [0.4, 0.5) is 0 Å². The van der Waals surface area contributed by atoms with Crippen LogP contribution in [0.15, 0.2) is 40.8 Å². The fourth-order valence-corrected chi connectivity index (χ4v) is 3.23. The van der Waals surface area contributed by atoms with E-state index in [4.69, 9.17) is 26.0 Å². The lowest BCUT2D eigenvalue weighted by atomic mass is 10.2. The lowest BCUT2D eigenvalue weighted by Crippen LogP contribution is -2.43. The summed E-state index contributed by atoms with van der Waals surface area (Å²) in [6.45, 7) is 4.81. The smallest absolute Gasteiger partial charge is 0.289 e. The van der Waals surface area contributed by atoms with Gasteiger partial charge in [-0.05, 0) is 24.3 Å². The van der Waals surface area contributed by atoms with Crippen LogP contribution >= 0.6 is 11.6 Å². The molecule has 2 aromatic rings. The van der Waals surface area contributed by atoms with Crippen LogP contribution in [0.25, 0.3) is 11.3 Å². The van der Waals surface area contributed by atoms with Crippen molar-refractivity contribution in [3.8, 4) is 17.4 Å². The second kappa shape index (κ2) is 9.56. The Bertz CT molecular complexity index is 809. The first kappa shape index (κ1) is 19.4. The second-order valence-electron chi connectivity index (χ2n) is 6.30. The van der Waals surface area contributed by atoms with Gasteiger partial charge in [-0.25, -0.2) is 0 Å². The lowest BCUT2D eigenvalue weighted by Gasteiger charge is -2.29. The molecule has 1 aliphatic rings. The number of nitriles is 1. The minimum atomic E-state index is -0.211. The van der Waals surface area contributed by atoms with Gasteiger partial charge in [0.25, 0.3) is 5.91 Å². The molecular formula is C20H22ClN3O3.